The van der Waals surface area contributed by atoms with E-state index in [9.17, 15) is 4.79 Å². The van der Waals surface area contributed by atoms with Crippen molar-refractivity contribution < 1.29 is 4.79 Å². The number of hydrogen-bond acceptors (Lipinski definition) is 1. The molecule has 16 heavy (non-hydrogen) atoms. The zero-order valence-corrected chi connectivity index (χ0v) is 10.4. The molecule has 0 amide bonds. The van der Waals surface area contributed by atoms with Crippen LogP contribution in [0, 0.1) is 5.41 Å². The fraction of sp³-hybridized carbons (Fsp3) is 0.400. The molecule has 0 fully saturated rings. The van der Waals surface area contributed by atoms with Crippen molar-refractivity contribution in [3.05, 3.63) is 48.0 Å². The van der Waals surface area contributed by atoms with Gasteiger partial charge >= 0.3 is 0 Å². The Morgan fingerprint density at radius 3 is 2.38 bits per heavy atom. The van der Waals surface area contributed by atoms with Gasteiger partial charge in [-0.15, -0.1) is 0 Å². The monoisotopic (exact) mass is 216 g/mol. The van der Waals surface area contributed by atoms with Crippen LogP contribution < -0.4 is 0 Å². The molecular weight excluding hydrogens is 196 g/mol. The fourth-order valence-corrected chi connectivity index (χ4v) is 1.34. The van der Waals surface area contributed by atoms with Gasteiger partial charge in [0.05, 0.1) is 0 Å². The molecule has 1 aromatic carbocycles. The van der Waals surface area contributed by atoms with E-state index in [0.29, 0.717) is 0 Å². The lowest BCUT2D eigenvalue weighted by atomic mass is 9.90. The third-order valence-corrected chi connectivity index (χ3v) is 2.45. The number of carbonyl (C=O) groups excluding carboxylic acids is 1. The van der Waals surface area contributed by atoms with Crippen molar-refractivity contribution >= 4 is 5.78 Å². The first kappa shape index (κ1) is 12.7. The Morgan fingerprint density at radius 1 is 1.19 bits per heavy atom. The lowest BCUT2D eigenvalue weighted by molar-refractivity contribution is -0.121. The van der Waals surface area contributed by atoms with Crippen LogP contribution in [-0.2, 0) is 11.2 Å². The maximum atomic E-state index is 11.6. The van der Waals surface area contributed by atoms with Crippen molar-refractivity contribution in [1.82, 2.24) is 0 Å². The molecule has 1 aromatic rings. The second-order valence-corrected chi connectivity index (χ2v) is 5.04. The quantitative estimate of drug-likeness (QED) is 0.700. The third-order valence-electron chi connectivity index (χ3n) is 2.45. The number of allylic oxidation sites excluding steroid dienone is 2. The summed E-state index contributed by atoms with van der Waals surface area (Å²) in [5.74, 6) is 0.195. The summed E-state index contributed by atoms with van der Waals surface area (Å²) in [7, 11) is 0. The van der Waals surface area contributed by atoms with Gasteiger partial charge < -0.3 is 0 Å². The number of aryl methyl sites for hydroxylation is 1. The van der Waals surface area contributed by atoms with Gasteiger partial charge in [0.2, 0.25) is 0 Å². The summed E-state index contributed by atoms with van der Waals surface area (Å²) in [6.45, 7) is 5.82. The summed E-state index contributed by atoms with van der Waals surface area (Å²) in [5, 5.41) is 0. The Hall–Kier alpha value is -1.37. The van der Waals surface area contributed by atoms with Crippen LogP contribution >= 0.6 is 0 Å². The first-order chi connectivity index (χ1) is 7.50. The average Bonchev–Trinajstić information content (AvgIpc) is 2.24. The second kappa shape index (κ2) is 5.64. The SMILES string of the molecule is CC(C)(C)C(=O)/C=C/CCc1ccccc1. The van der Waals surface area contributed by atoms with E-state index in [0.717, 1.165) is 12.8 Å². The number of hydrogen-bond donors (Lipinski definition) is 0. The topological polar surface area (TPSA) is 17.1 Å². The molecule has 0 aliphatic carbocycles. The fourth-order valence-electron chi connectivity index (χ4n) is 1.34. The lowest BCUT2D eigenvalue weighted by Crippen LogP contribution is -2.17. The molecule has 0 saturated heterocycles. The van der Waals surface area contributed by atoms with E-state index < -0.39 is 0 Å². The van der Waals surface area contributed by atoms with E-state index in [1.54, 1.807) is 6.08 Å². The Kier molecular flexibility index (Phi) is 4.48. The van der Waals surface area contributed by atoms with E-state index in [2.05, 4.69) is 12.1 Å². The maximum Gasteiger partial charge on any atom is 0.160 e. The van der Waals surface area contributed by atoms with Crippen molar-refractivity contribution in [2.75, 3.05) is 0 Å². The van der Waals surface area contributed by atoms with E-state index in [4.69, 9.17) is 0 Å². The van der Waals surface area contributed by atoms with Gasteiger partial charge in [0.25, 0.3) is 0 Å². The van der Waals surface area contributed by atoms with Crippen molar-refractivity contribution in [3.8, 4) is 0 Å². The molecule has 0 atom stereocenters. The van der Waals surface area contributed by atoms with Crippen molar-refractivity contribution in [3.63, 3.8) is 0 Å². The lowest BCUT2D eigenvalue weighted by Gasteiger charge is -2.12. The Bertz CT molecular complexity index is 355. The predicted octanol–water partition coefficient (Wildman–Crippen LogP) is 3.79. The predicted molar refractivity (Wildman–Crippen MR) is 68.4 cm³/mol. The highest BCUT2D eigenvalue weighted by molar-refractivity contribution is 5.93. The minimum absolute atomic E-state index is 0.195. The molecule has 0 aliphatic heterocycles. The molecule has 0 heterocycles. The number of rotatable bonds is 4. The van der Waals surface area contributed by atoms with Gasteiger partial charge in [-0.25, -0.2) is 0 Å². The smallest absolute Gasteiger partial charge is 0.160 e. The highest BCUT2D eigenvalue weighted by atomic mass is 16.1. The van der Waals surface area contributed by atoms with Crippen LogP contribution in [0.25, 0.3) is 0 Å². The van der Waals surface area contributed by atoms with Gasteiger partial charge in [0.15, 0.2) is 5.78 Å². The highest BCUT2D eigenvalue weighted by Crippen LogP contribution is 2.15. The molecule has 0 aliphatic rings. The Labute approximate surface area is 98.2 Å². The molecule has 0 radical (unpaired) electrons. The van der Waals surface area contributed by atoms with Crippen LogP contribution in [0.3, 0.4) is 0 Å². The molecule has 0 spiro atoms. The van der Waals surface area contributed by atoms with Gasteiger partial charge in [-0.1, -0.05) is 57.2 Å². The van der Waals surface area contributed by atoms with E-state index in [1.165, 1.54) is 5.56 Å². The minimum Gasteiger partial charge on any atom is -0.294 e. The molecule has 0 bridgehead atoms. The highest BCUT2D eigenvalue weighted by Gasteiger charge is 2.17. The largest absolute Gasteiger partial charge is 0.294 e. The zero-order valence-electron chi connectivity index (χ0n) is 10.4. The molecule has 1 heteroatoms. The normalized spacial score (nSPS) is 11.9. The third kappa shape index (κ3) is 4.43. The molecule has 1 rings (SSSR count). The van der Waals surface area contributed by atoms with Crippen LogP contribution in [0.5, 0.6) is 0 Å². The molecule has 86 valence electrons. The summed E-state index contributed by atoms with van der Waals surface area (Å²) >= 11 is 0. The van der Waals surface area contributed by atoms with Crippen LogP contribution in [0.15, 0.2) is 42.5 Å². The van der Waals surface area contributed by atoms with Crippen LogP contribution in [-0.4, -0.2) is 5.78 Å². The van der Waals surface area contributed by atoms with Crippen molar-refractivity contribution in [1.29, 1.82) is 0 Å². The first-order valence-electron chi connectivity index (χ1n) is 5.75. The van der Waals surface area contributed by atoms with Gasteiger partial charge in [0, 0.05) is 5.41 Å². The van der Waals surface area contributed by atoms with E-state index in [-0.39, 0.29) is 11.2 Å². The van der Waals surface area contributed by atoms with Gasteiger partial charge in [-0.3, -0.25) is 4.79 Å². The van der Waals surface area contributed by atoms with E-state index >= 15 is 0 Å². The number of carbonyl (C=O) groups is 1. The molecule has 0 unspecified atom stereocenters. The molecular formula is C15H20O. The minimum atomic E-state index is -0.261. The van der Waals surface area contributed by atoms with Crippen LogP contribution in [0.2, 0.25) is 0 Å². The number of benzene rings is 1. The summed E-state index contributed by atoms with van der Waals surface area (Å²) in [6, 6.07) is 10.3. The maximum absolute atomic E-state index is 11.6. The molecule has 1 nitrogen and oxygen atoms in total. The van der Waals surface area contributed by atoms with Gasteiger partial charge in [-0.05, 0) is 24.5 Å². The molecule has 0 saturated carbocycles. The molecule has 0 N–H and O–H groups in total. The zero-order chi connectivity index (χ0) is 12.0. The van der Waals surface area contributed by atoms with Crippen LogP contribution in [0.1, 0.15) is 32.8 Å². The van der Waals surface area contributed by atoms with Crippen molar-refractivity contribution in [2.24, 2.45) is 5.41 Å². The summed E-state index contributed by atoms with van der Waals surface area (Å²) in [5.41, 5.74) is 1.05. The van der Waals surface area contributed by atoms with E-state index in [1.807, 2.05) is 45.0 Å². The standard InChI is InChI=1S/C15H20O/c1-15(2,3)14(16)12-8-7-11-13-9-5-4-6-10-13/h4-6,8-10,12H,7,11H2,1-3H3/b12-8+. The summed E-state index contributed by atoms with van der Waals surface area (Å²) < 4.78 is 0. The molecule has 0 aromatic heterocycles. The first-order valence-corrected chi connectivity index (χ1v) is 5.75. The average molecular weight is 216 g/mol. The van der Waals surface area contributed by atoms with Crippen LogP contribution in [0.4, 0.5) is 0 Å². The Balaban J connectivity index is 2.37. The van der Waals surface area contributed by atoms with Gasteiger partial charge in [-0.2, -0.15) is 0 Å². The second-order valence-electron chi connectivity index (χ2n) is 5.04. The Morgan fingerprint density at radius 2 is 1.81 bits per heavy atom. The number of ketones is 1. The summed E-state index contributed by atoms with van der Waals surface area (Å²) in [4.78, 5) is 11.6. The van der Waals surface area contributed by atoms with Gasteiger partial charge in [0.1, 0.15) is 0 Å². The van der Waals surface area contributed by atoms with Crippen molar-refractivity contribution in [2.45, 2.75) is 33.6 Å². The summed E-state index contributed by atoms with van der Waals surface area (Å²) in [6.07, 6.45) is 5.60.